The molecule has 3 heteroatoms. The van der Waals surface area contributed by atoms with Crippen LogP contribution in [0.4, 0.5) is 0 Å². The van der Waals surface area contributed by atoms with Gasteiger partial charge < -0.3 is 4.74 Å². The molecule has 0 radical (unpaired) electrons. The third-order valence-corrected chi connectivity index (χ3v) is 2.24. The summed E-state index contributed by atoms with van der Waals surface area (Å²) >= 11 is 1.60. The third-order valence-electron chi connectivity index (χ3n) is 1.56. The fourth-order valence-corrected chi connectivity index (χ4v) is 1.61. The minimum absolute atomic E-state index is 0.484. The van der Waals surface area contributed by atoms with Crippen molar-refractivity contribution in [3.05, 3.63) is 22.4 Å². The van der Waals surface area contributed by atoms with Crippen LogP contribution in [0.3, 0.4) is 0 Å². The van der Waals surface area contributed by atoms with Gasteiger partial charge in [-0.05, 0) is 30.7 Å². The maximum absolute atomic E-state index is 10.1. The number of rotatable bonds is 3. The van der Waals surface area contributed by atoms with E-state index in [9.17, 15) is 4.79 Å². The highest BCUT2D eigenvalue weighted by molar-refractivity contribution is 7.08. The van der Waals surface area contributed by atoms with Crippen molar-refractivity contribution in [1.29, 1.82) is 0 Å². The zero-order valence-electron chi connectivity index (χ0n) is 6.53. The molecule has 0 spiro atoms. The second-order valence-corrected chi connectivity index (χ2v) is 3.52. The van der Waals surface area contributed by atoms with E-state index in [1.807, 2.05) is 30.7 Å². The van der Waals surface area contributed by atoms with Crippen LogP contribution < -0.4 is 0 Å². The summed E-state index contributed by atoms with van der Waals surface area (Å²) in [7, 11) is 0. The zero-order chi connectivity index (χ0) is 8.32. The van der Waals surface area contributed by atoms with Gasteiger partial charge in [0.05, 0.1) is 0 Å². The zero-order valence-corrected chi connectivity index (χ0v) is 7.35. The standard InChI is InChI=1S/C8H10O2S/c1-8(2,10-6-9)7-3-4-11-5-7/h3-6H,1-2H3. The molecule has 11 heavy (non-hydrogen) atoms. The van der Waals surface area contributed by atoms with E-state index in [1.165, 1.54) is 0 Å². The lowest BCUT2D eigenvalue weighted by atomic mass is 10.0. The third kappa shape index (κ3) is 1.80. The van der Waals surface area contributed by atoms with Crippen LogP contribution >= 0.6 is 11.3 Å². The molecular weight excluding hydrogens is 160 g/mol. The molecule has 0 saturated heterocycles. The first-order valence-corrected chi connectivity index (χ1v) is 4.25. The van der Waals surface area contributed by atoms with Crippen molar-refractivity contribution in [3.63, 3.8) is 0 Å². The van der Waals surface area contributed by atoms with Crippen molar-refractivity contribution in [2.75, 3.05) is 0 Å². The topological polar surface area (TPSA) is 26.3 Å². The van der Waals surface area contributed by atoms with E-state index in [2.05, 4.69) is 0 Å². The number of carbonyl (C=O) groups is 1. The van der Waals surface area contributed by atoms with Crippen LogP contribution in [0.25, 0.3) is 0 Å². The van der Waals surface area contributed by atoms with E-state index in [1.54, 1.807) is 11.3 Å². The molecule has 0 bridgehead atoms. The quantitative estimate of drug-likeness (QED) is 0.650. The molecule has 2 nitrogen and oxygen atoms in total. The van der Waals surface area contributed by atoms with Gasteiger partial charge in [0.25, 0.3) is 6.47 Å². The van der Waals surface area contributed by atoms with Crippen LogP contribution in [0.1, 0.15) is 19.4 Å². The lowest BCUT2D eigenvalue weighted by Gasteiger charge is -2.20. The summed E-state index contributed by atoms with van der Waals surface area (Å²) in [5.41, 5.74) is 0.552. The lowest BCUT2D eigenvalue weighted by molar-refractivity contribution is -0.141. The average molecular weight is 170 g/mol. The van der Waals surface area contributed by atoms with Gasteiger partial charge in [-0.15, -0.1) is 0 Å². The summed E-state index contributed by atoms with van der Waals surface area (Å²) in [4.78, 5) is 10.1. The second kappa shape index (κ2) is 3.05. The smallest absolute Gasteiger partial charge is 0.293 e. The fraction of sp³-hybridized carbons (Fsp3) is 0.375. The molecule has 0 aliphatic carbocycles. The summed E-state index contributed by atoms with van der Waals surface area (Å²) in [6.07, 6.45) is 0. The van der Waals surface area contributed by atoms with E-state index < -0.39 is 5.60 Å². The van der Waals surface area contributed by atoms with Gasteiger partial charge in [-0.1, -0.05) is 0 Å². The minimum Gasteiger partial charge on any atom is -0.457 e. The Morgan fingerprint density at radius 3 is 2.82 bits per heavy atom. The van der Waals surface area contributed by atoms with Crippen LogP contribution in [0, 0.1) is 0 Å². The molecule has 0 unspecified atom stereocenters. The first kappa shape index (κ1) is 8.27. The maximum atomic E-state index is 10.1. The van der Waals surface area contributed by atoms with Crippen LogP contribution in [0.2, 0.25) is 0 Å². The molecule has 0 aliphatic heterocycles. The number of hydrogen-bond acceptors (Lipinski definition) is 3. The van der Waals surface area contributed by atoms with Crippen molar-refractivity contribution < 1.29 is 9.53 Å². The predicted molar refractivity (Wildman–Crippen MR) is 44.5 cm³/mol. The van der Waals surface area contributed by atoms with Gasteiger partial charge >= 0.3 is 0 Å². The monoisotopic (exact) mass is 170 g/mol. The highest BCUT2D eigenvalue weighted by atomic mass is 32.1. The molecule has 0 aromatic carbocycles. The van der Waals surface area contributed by atoms with E-state index in [0.29, 0.717) is 6.47 Å². The molecule has 0 saturated carbocycles. The number of hydrogen-bond donors (Lipinski definition) is 0. The Morgan fingerprint density at radius 2 is 2.36 bits per heavy atom. The fourth-order valence-electron chi connectivity index (χ4n) is 0.795. The van der Waals surface area contributed by atoms with Gasteiger partial charge in [0.15, 0.2) is 0 Å². The summed E-state index contributed by atoms with van der Waals surface area (Å²) in [6.45, 7) is 4.21. The molecule has 1 heterocycles. The van der Waals surface area contributed by atoms with Crippen LogP contribution in [0.15, 0.2) is 16.8 Å². The van der Waals surface area contributed by atoms with Crippen molar-refractivity contribution >= 4 is 17.8 Å². The largest absolute Gasteiger partial charge is 0.457 e. The van der Waals surface area contributed by atoms with Gasteiger partial charge in [-0.2, -0.15) is 11.3 Å². The van der Waals surface area contributed by atoms with E-state index >= 15 is 0 Å². The summed E-state index contributed by atoms with van der Waals surface area (Å²) in [5.74, 6) is 0. The summed E-state index contributed by atoms with van der Waals surface area (Å²) in [6, 6.07) is 1.95. The molecule has 1 aromatic rings. The van der Waals surface area contributed by atoms with Gasteiger partial charge in [0, 0.05) is 5.56 Å². The molecule has 0 amide bonds. The summed E-state index contributed by atoms with van der Waals surface area (Å²) in [5, 5.41) is 3.94. The minimum atomic E-state index is -0.484. The number of thiophene rings is 1. The first-order valence-electron chi connectivity index (χ1n) is 3.31. The highest BCUT2D eigenvalue weighted by Crippen LogP contribution is 2.25. The Hall–Kier alpha value is -0.830. The van der Waals surface area contributed by atoms with Gasteiger partial charge in [0.2, 0.25) is 0 Å². The van der Waals surface area contributed by atoms with Crippen LogP contribution in [-0.2, 0) is 15.1 Å². The van der Waals surface area contributed by atoms with Crippen molar-refractivity contribution in [1.82, 2.24) is 0 Å². The summed E-state index contributed by atoms with van der Waals surface area (Å²) < 4.78 is 4.90. The van der Waals surface area contributed by atoms with E-state index in [-0.39, 0.29) is 0 Å². The Bertz CT molecular complexity index is 226. The van der Waals surface area contributed by atoms with Gasteiger partial charge in [0.1, 0.15) is 5.60 Å². The molecule has 60 valence electrons. The number of ether oxygens (including phenoxy) is 1. The van der Waals surface area contributed by atoms with Gasteiger partial charge in [-0.25, -0.2) is 0 Å². The number of carbonyl (C=O) groups excluding carboxylic acids is 1. The molecule has 0 aliphatic rings. The lowest BCUT2D eigenvalue weighted by Crippen LogP contribution is -2.19. The van der Waals surface area contributed by atoms with Crippen molar-refractivity contribution in [2.45, 2.75) is 19.4 Å². The van der Waals surface area contributed by atoms with E-state index in [4.69, 9.17) is 4.74 Å². The Labute approximate surface area is 69.8 Å². The van der Waals surface area contributed by atoms with Crippen molar-refractivity contribution in [3.8, 4) is 0 Å². The maximum Gasteiger partial charge on any atom is 0.293 e. The normalized spacial score (nSPS) is 11.1. The molecule has 1 rings (SSSR count). The van der Waals surface area contributed by atoms with E-state index in [0.717, 1.165) is 5.56 Å². The Kier molecular flexibility index (Phi) is 2.29. The molecule has 1 aromatic heterocycles. The Morgan fingerprint density at radius 1 is 1.64 bits per heavy atom. The second-order valence-electron chi connectivity index (χ2n) is 2.74. The van der Waals surface area contributed by atoms with Gasteiger partial charge in [-0.3, -0.25) is 4.79 Å². The predicted octanol–water partition coefficient (Wildman–Crippen LogP) is 2.16. The molecular formula is C8H10O2S. The first-order chi connectivity index (χ1) is 5.17. The molecule has 0 atom stereocenters. The molecule has 0 fully saturated rings. The van der Waals surface area contributed by atoms with Crippen LogP contribution in [-0.4, -0.2) is 6.47 Å². The average Bonchev–Trinajstić information content (AvgIpc) is 2.37. The highest BCUT2D eigenvalue weighted by Gasteiger charge is 2.21. The van der Waals surface area contributed by atoms with Crippen LogP contribution in [0.5, 0.6) is 0 Å². The Balaban J connectivity index is 2.81. The SMILES string of the molecule is CC(C)(OC=O)c1ccsc1. The molecule has 0 N–H and O–H groups in total. The van der Waals surface area contributed by atoms with Crippen molar-refractivity contribution in [2.24, 2.45) is 0 Å².